The van der Waals surface area contributed by atoms with E-state index in [0.717, 1.165) is 10.4 Å². The smallest absolute Gasteiger partial charge is 0.358 e. The first-order valence-corrected chi connectivity index (χ1v) is 5.91. The maximum absolute atomic E-state index is 12.6. The predicted molar refractivity (Wildman–Crippen MR) is 54.9 cm³/mol. The number of aromatic nitrogens is 3. The molecule has 0 aliphatic rings. The fourth-order valence-corrected chi connectivity index (χ4v) is 1.63. The number of aryl methyl sites for hydroxylation is 1. The van der Waals surface area contributed by atoms with Crippen LogP contribution in [0.1, 0.15) is 29.0 Å². The van der Waals surface area contributed by atoms with E-state index in [2.05, 4.69) is 10.3 Å². The third kappa shape index (κ3) is 2.91. The van der Waals surface area contributed by atoms with E-state index in [1.807, 2.05) is 6.26 Å². The summed E-state index contributed by atoms with van der Waals surface area (Å²) >= 11 is 1.58. The molecule has 5 nitrogen and oxygen atoms in total. The molecule has 1 heterocycles. The number of nitrogens with zero attached hydrogens (tertiary/aromatic N) is 3. The number of carboxylic acid groups (broad SMARTS) is 1. The van der Waals surface area contributed by atoms with Gasteiger partial charge in [0.1, 0.15) is 5.69 Å². The van der Waals surface area contributed by atoms with Crippen LogP contribution in [0.3, 0.4) is 0 Å². The fourth-order valence-electron chi connectivity index (χ4n) is 1.21. The van der Waals surface area contributed by atoms with Crippen molar-refractivity contribution in [3.8, 4) is 0 Å². The van der Waals surface area contributed by atoms with Crippen LogP contribution in [0, 0.1) is 0 Å². The van der Waals surface area contributed by atoms with E-state index in [-0.39, 0.29) is 6.54 Å². The van der Waals surface area contributed by atoms with E-state index in [0.29, 0.717) is 6.42 Å². The Morgan fingerprint density at radius 2 is 2.31 bits per heavy atom. The normalized spacial score (nSPS) is 11.0. The molecule has 0 bridgehead atoms. The number of halogens is 2. The van der Waals surface area contributed by atoms with Gasteiger partial charge in [-0.15, -0.1) is 5.10 Å². The van der Waals surface area contributed by atoms with Gasteiger partial charge in [0.2, 0.25) is 0 Å². The van der Waals surface area contributed by atoms with Crippen LogP contribution in [0.4, 0.5) is 8.78 Å². The van der Waals surface area contributed by atoms with Gasteiger partial charge in [-0.1, -0.05) is 5.21 Å². The largest absolute Gasteiger partial charge is 0.476 e. The van der Waals surface area contributed by atoms with Gasteiger partial charge in [0, 0.05) is 6.54 Å². The van der Waals surface area contributed by atoms with Crippen molar-refractivity contribution in [2.24, 2.45) is 0 Å². The minimum absolute atomic E-state index is 0.251. The van der Waals surface area contributed by atoms with E-state index in [4.69, 9.17) is 5.11 Å². The summed E-state index contributed by atoms with van der Waals surface area (Å²) in [6, 6.07) is 0. The van der Waals surface area contributed by atoms with Gasteiger partial charge < -0.3 is 5.11 Å². The highest BCUT2D eigenvalue weighted by molar-refractivity contribution is 7.98. The van der Waals surface area contributed by atoms with Crippen molar-refractivity contribution >= 4 is 17.7 Å². The van der Waals surface area contributed by atoms with E-state index in [9.17, 15) is 13.6 Å². The lowest BCUT2D eigenvalue weighted by Crippen LogP contribution is -2.09. The van der Waals surface area contributed by atoms with Crippen molar-refractivity contribution < 1.29 is 18.7 Å². The van der Waals surface area contributed by atoms with Crippen LogP contribution in [0.5, 0.6) is 0 Å². The van der Waals surface area contributed by atoms with Gasteiger partial charge in [-0.3, -0.25) is 0 Å². The van der Waals surface area contributed by atoms with Crippen LogP contribution < -0.4 is 0 Å². The topological polar surface area (TPSA) is 68.0 Å². The molecule has 0 amide bonds. The first-order valence-electron chi connectivity index (χ1n) is 4.51. The Bertz CT molecular complexity index is 370. The van der Waals surface area contributed by atoms with E-state index < -0.39 is 23.8 Å². The quantitative estimate of drug-likeness (QED) is 0.779. The summed E-state index contributed by atoms with van der Waals surface area (Å²) in [5.41, 5.74) is -1.28. The van der Waals surface area contributed by atoms with Crippen LogP contribution >= 0.6 is 11.8 Å². The Kier molecular flexibility index (Phi) is 4.66. The highest BCUT2D eigenvalue weighted by Crippen LogP contribution is 2.21. The molecule has 0 saturated carbocycles. The summed E-state index contributed by atoms with van der Waals surface area (Å²) in [5.74, 6) is -0.684. The second-order valence-electron chi connectivity index (χ2n) is 3.00. The summed E-state index contributed by atoms with van der Waals surface area (Å²) in [7, 11) is 0. The van der Waals surface area contributed by atoms with Crippen molar-refractivity contribution in [2.75, 3.05) is 12.0 Å². The Morgan fingerprint density at radius 1 is 1.62 bits per heavy atom. The SMILES string of the molecule is CSCCCn1nnc(C(=O)O)c1C(F)F. The third-order valence-corrected chi connectivity index (χ3v) is 2.60. The Balaban J connectivity index is 2.87. The Morgan fingerprint density at radius 3 is 2.81 bits per heavy atom. The molecule has 1 aromatic heterocycles. The number of hydrogen-bond acceptors (Lipinski definition) is 4. The van der Waals surface area contributed by atoms with Crippen LogP contribution in [0.2, 0.25) is 0 Å². The van der Waals surface area contributed by atoms with Crippen molar-refractivity contribution in [3.63, 3.8) is 0 Å². The van der Waals surface area contributed by atoms with Crippen LogP contribution in [-0.4, -0.2) is 38.1 Å². The molecule has 1 rings (SSSR count). The lowest BCUT2D eigenvalue weighted by Gasteiger charge is -2.04. The number of rotatable bonds is 6. The molecule has 0 unspecified atom stereocenters. The first-order chi connectivity index (χ1) is 7.57. The molecule has 0 atom stereocenters. The summed E-state index contributed by atoms with van der Waals surface area (Å²) in [5, 5.41) is 15.3. The molecule has 1 aromatic rings. The summed E-state index contributed by atoms with van der Waals surface area (Å²) < 4.78 is 26.2. The van der Waals surface area contributed by atoms with Crippen molar-refractivity contribution in [1.82, 2.24) is 15.0 Å². The van der Waals surface area contributed by atoms with Crippen molar-refractivity contribution in [1.29, 1.82) is 0 Å². The number of aromatic carboxylic acids is 1. The molecule has 8 heteroatoms. The summed E-state index contributed by atoms with van der Waals surface area (Å²) in [6.07, 6.45) is -0.336. The van der Waals surface area contributed by atoms with Gasteiger partial charge >= 0.3 is 5.97 Å². The third-order valence-electron chi connectivity index (χ3n) is 1.90. The van der Waals surface area contributed by atoms with Gasteiger partial charge in [0.05, 0.1) is 0 Å². The van der Waals surface area contributed by atoms with Gasteiger partial charge in [-0.2, -0.15) is 11.8 Å². The summed E-state index contributed by atoms with van der Waals surface area (Å²) in [6.45, 7) is 0.251. The molecule has 0 fully saturated rings. The molecular formula is C8H11F2N3O2S. The minimum atomic E-state index is -2.88. The number of carbonyl (C=O) groups is 1. The number of thioether (sulfide) groups is 1. The number of hydrogen-bond donors (Lipinski definition) is 1. The van der Waals surface area contributed by atoms with Crippen LogP contribution in [-0.2, 0) is 6.54 Å². The van der Waals surface area contributed by atoms with Gasteiger partial charge in [-0.25, -0.2) is 18.3 Å². The molecule has 0 saturated heterocycles. The summed E-state index contributed by atoms with van der Waals surface area (Å²) in [4.78, 5) is 10.6. The van der Waals surface area contributed by atoms with E-state index in [1.54, 1.807) is 11.8 Å². The van der Waals surface area contributed by atoms with Crippen LogP contribution in [0.15, 0.2) is 0 Å². The number of carboxylic acids is 1. The predicted octanol–water partition coefficient (Wildman–Crippen LogP) is 1.67. The highest BCUT2D eigenvalue weighted by Gasteiger charge is 2.25. The van der Waals surface area contributed by atoms with E-state index >= 15 is 0 Å². The standard InChI is InChI=1S/C8H11F2N3O2S/c1-16-4-2-3-13-6(7(9)10)5(8(14)15)11-12-13/h7H,2-4H2,1H3,(H,14,15). The molecular weight excluding hydrogens is 240 g/mol. The average molecular weight is 251 g/mol. The lowest BCUT2D eigenvalue weighted by molar-refractivity contribution is 0.0675. The first kappa shape index (κ1) is 12.9. The second-order valence-corrected chi connectivity index (χ2v) is 3.98. The average Bonchev–Trinajstić information content (AvgIpc) is 2.62. The molecule has 0 spiro atoms. The fraction of sp³-hybridized carbons (Fsp3) is 0.625. The van der Waals surface area contributed by atoms with Crippen LogP contribution in [0.25, 0.3) is 0 Å². The molecule has 0 aliphatic carbocycles. The maximum atomic E-state index is 12.6. The Labute approximate surface area is 94.8 Å². The molecule has 0 aliphatic heterocycles. The second kappa shape index (κ2) is 5.78. The van der Waals surface area contributed by atoms with E-state index in [1.165, 1.54) is 0 Å². The molecule has 0 aromatic carbocycles. The zero-order valence-electron chi connectivity index (χ0n) is 8.56. The minimum Gasteiger partial charge on any atom is -0.476 e. The molecule has 16 heavy (non-hydrogen) atoms. The van der Waals surface area contributed by atoms with Gasteiger partial charge in [-0.05, 0) is 18.4 Å². The molecule has 1 N–H and O–H groups in total. The number of alkyl halides is 2. The highest BCUT2D eigenvalue weighted by atomic mass is 32.2. The van der Waals surface area contributed by atoms with Gasteiger partial charge in [0.25, 0.3) is 6.43 Å². The Hall–Kier alpha value is -1.18. The zero-order chi connectivity index (χ0) is 12.1. The zero-order valence-corrected chi connectivity index (χ0v) is 9.38. The lowest BCUT2D eigenvalue weighted by atomic mass is 10.3. The monoisotopic (exact) mass is 251 g/mol. The molecule has 90 valence electrons. The van der Waals surface area contributed by atoms with Crippen molar-refractivity contribution in [2.45, 2.75) is 19.4 Å². The van der Waals surface area contributed by atoms with Crippen molar-refractivity contribution in [3.05, 3.63) is 11.4 Å². The molecule has 0 radical (unpaired) electrons. The maximum Gasteiger partial charge on any atom is 0.358 e. The van der Waals surface area contributed by atoms with Gasteiger partial charge in [0.15, 0.2) is 5.69 Å².